The minimum atomic E-state index is -2.04. The van der Waals surface area contributed by atoms with Crippen LogP contribution >= 0.6 is 0 Å². The van der Waals surface area contributed by atoms with Crippen LogP contribution in [0.5, 0.6) is 0 Å². The van der Waals surface area contributed by atoms with E-state index in [0.29, 0.717) is 0 Å². The molecule has 0 N–H and O–H groups in total. The molecule has 1 heterocycles. The van der Waals surface area contributed by atoms with Gasteiger partial charge in [-0.25, -0.2) is 0 Å². The molecule has 0 aromatic heterocycles. The van der Waals surface area contributed by atoms with E-state index in [1.54, 1.807) is 20.7 Å². The zero-order valence-electron chi connectivity index (χ0n) is 16.4. The van der Waals surface area contributed by atoms with Gasteiger partial charge in [0.05, 0.1) is 0 Å². The van der Waals surface area contributed by atoms with Gasteiger partial charge in [-0.3, -0.25) is 0 Å². The first-order valence-corrected chi connectivity index (χ1v) is 16.0. The van der Waals surface area contributed by atoms with Crippen LogP contribution < -0.4 is 20.7 Å². The van der Waals surface area contributed by atoms with Crippen LogP contribution in [0.15, 0.2) is 109 Å². The second-order valence-corrected chi connectivity index (χ2v) is 20.8. The van der Waals surface area contributed by atoms with E-state index in [9.17, 15) is 0 Å². The van der Waals surface area contributed by atoms with Gasteiger partial charge in [0.15, 0.2) is 0 Å². The van der Waals surface area contributed by atoms with E-state index in [1.807, 2.05) is 0 Å². The highest BCUT2D eigenvalue weighted by molar-refractivity contribution is 7.59. The Balaban J connectivity index is 1.96. The normalized spacial score (nSPS) is 22.9. The van der Waals surface area contributed by atoms with Gasteiger partial charge >= 0.3 is 0 Å². The summed E-state index contributed by atoms with van der Waals surface area (Å²) in [5, 5.41) is 6.29. The van der Waals surface area contributed by atoms with Crippen LogP contribution in [0.25, 0.3) is 11.1 Å². The van der Waals surface area contributed by atoms with Crippen molar-refractivity contribution in [3.8, 4) is 11.1 Å². The topological polar surface area (TPSA) is 0 Å². The van der Waals surface area contributed by atoms with E-state index < -0.39 is 15.2 Å². The molecule has 0 saturated heterocycles. The molecule has 0 bridgehead atoms. The zero-order chi connectivity index (χ0) is 19.2. The van der Waals surface area contributed by atoms with Crippen molar-refractivity contribution < 1.29 is 0 Å². The minimum absolute atomic E-state index is 1.44. The molecule has 28 heavy (non-hydrogen) atoms. The zero-order valence-corrected chi connectivity index (χ0v) is 18.4. The molecule has 0 fully saturated rings. The molecular formula is C26H24Si2. The third-order valence-electron chi connectivity index (χ3n) is 6.92. The lowest BCUT2D eigenvalue weighted by Crippen LogP contribution is -2.84. The summed E-state index contributed by atoms with van der Waals surface area (Å²) in [6.07, 6.45) is 0. The number of benzene rings is 4. The summed E-state index contributed by atoms with van der Waals surface area (Å²) in [7, 11) is -4.08. The van der Waals surface area contributed by atoms with E-state index in [4.69, 9.17) is 0 Å². The highest BCUT2D eigenvalue weighted by Gasteiger charge is 2.57. The van der Waals surface area contributed by atoms with Crippen molar-refractivity contribution in [2.75, 3.05) is 0 Å². The Hall–Kier alpha value is -2.69. The van der Waals surface area contributed by atoms with Gasteiger partial charge in [-0.15, -0.1) is 0 Å². The average molecular weight is 393 g/mol. The molecule has 0 spiro atoms. The first-order chi connectivity index (χ1) is 13.7. The van der Waals surface area contributed by atoms with E-state index in [-0.39, 0.29) is 0 Å². The summed E-state index contributed by atoms with van der Waals surface area (Å²) in [6, 6.07) is 41.1. The van der Waals surface area contributed by atoms with Gasteiger partial charge in [0, 0.05) is 0 Å². The lowest BCUT2D eigenvalue weighted by Gasteiger charge is -2.50. The molecule has 136 valence electrons. The molecule has 0 nitrogen and oxygen atoms in total. The molecule has 0 amide bonds. The monoisotopic (exact) mass is 392 g/mol. The summed E-state index contributed by atoms with van der Waals surface area (Å²) in [6.45, 7) is 5.24. The van der Waals surface area contributed by atoms with E-state index in [2.05, 4.69) is 122 Å². The molecule has 5 rings (SSSR count). The maximum Gasteiger partial charge on any atom is 0.119 e. The second-order valence-electron chi connectivity index (χ2n) is 8.07. The van der Waals surface area contributed by atoms with Crippen molar-refractivity contribution in [1.82, 2.24) is 0 Å². The molecule has 2 heteroatoms. The molecule has 1 aliphatic heterocycles. The van der Waals surface area contributed by atoms with Gasteiger partial charge in [0.25, 0.3) is 0 Å². The first kappa shape index (κ1) is 17.4. The maximum absolute atomic E-state index is 2.62. The number of hydrogen-bond acceptors (Lipinski definition) is 0. The summed E-state index contributed by atoms with van der Waals surface area (Å²) in [4.78, 5) is 0. The predicted molar refractivity (Wildman–Crippen MR) is 127 cm³/mol. The van der Waals surface area contributed by atoms with Crippen LogP contribution in [-0.2, 0) is 0 Å². The van der Waals surface area contributed by atoms with Crippen molar-refractivity contribution in [1.29, 1.82) is 0 Å². The van der Waals surface area contributed by atoms with Crippen LogP contribution in [0.3, 0.4) is 0 Å². The third kappa shape index (κ3) is 2.22. The van der Waals surface area contributed by atoms with E-state index >= 15 is 0 Å². The standard InChI is InChI=1S/C26H24Si2/c1-27(21-13-5-3-6-14-21)25-19-11-9-17-23(25)24-18-10-12-20-26(24)28(27,2)22-15-7-4-8-16-22/h3-20H,1-2H3. The van der Waals surface area contributed by atoms with Crippen LogP contribution in [-0.4, -0.2) is 15.2 Å². The van der Waals surface area contributed by atoms with Crippen LogP contribution in [0, 0.1) is 0 Å². The molecule has 0 saturated carbocycles. The second kappa shape index (κ2) is 6.44. The highest BCUT2D eigenvalue weighted by atomic mass is 29.3. The van der Waals surface area contributed by atoms with Gasteiger partial charge in [-0.2, -0.15) is 0 Å². The van der Waals surface area contributed by atoms with Crippen molar-refractivity contribution >= 4 is 35.9 Å². The van der Waals surface area contributed by atoms with Crippen molar-refractivity contribution in [2.45, 2.75) is 13.1 Å². The third-order valence-corrected chi connectivity index (χ3v) is 24.3. The molecule has 4 aromatic carbocycles. The Kier molecular flexibility index (Phi) is 4.00. The Morgan fingerprint density at radius 2 is 0.714 bits per heavy atom. The van der Waals surface area contributed by atoms with Crippen LogP contribution in [0.4, 0.5) is 0 Å². The van der Waals surface area contributed by atoms with Crippen molar-refractivity contribution in [2.24, 2.45) is 0 Å². The fraction of sp³-hybridized carbons (Fsp3) is 0.0769. The van der Waals surface area contributed by atoms with Gasteiger partial charge in [-0.1, -0.05) is 133 Å². The number of rotatable bonds is 2. The smallest absolute Gasteiger partial charge is 0.0628 e. The van der Waals surface area contributed by atoms with Gasteiger partial charge < -0.3 is 0 Å². The Labute approximate surface area is 169 Å². The SMILES string of the molecule is C[Si]1(c2ccccc2)c2ccccc2-c2ccccc2[Si]1(C)c1ccccc1. The largest absolute Gasteiger partial charge is 0.119 e. The molecular weight excluding hydrogens is 368 g/mol. The molecule has 2 atom stereocenters. The van der Waals surface area contributed by atoms with Crippen LogP contribution in [0.2, 0.25) is 13.1 Å². The highest BCUT2D eigenvalue weighted by Crippen LogP contribution is 2.32. The first-order valence-electron chi connectivity index (χ1n) is 9.98. The summed E-state index contributed by atoms with van der Waals surface area (Å²) in [5.74, 6) is 0. The molecule has 4 aromatic rings. The average Bonchev–Trinajstić information content (AvgIpc) is 2.78. The summed E-state index contributed by atoms with van der Waals surface area (Å²) >= 11 is 0. The Morgan fingerprint density at radius 3 is 1.11 bits per heavy atom. The van der Waals surface area contributed by atoms with Gasteiger partial charge in [0.1, 0.15) is 15.2 Å². The summed E-state index contributed by atoms with van der Waals surface area (Å²) < 4.78 is 0. The minimum Gasteiger partial charge on any atom is -0.0628 e. The van der Waals surface area contributed by atoms with Gasteiger partial charge in [-0.05, 0) is 21.5 Å². The van der Waals surface area contributed by atoms with E-state index in [0.717, 1.165) is 0 Å². The molecule has 1 aliphatic rings. The lowest BCUT2D eigenvalue weighted by molar-refractivity contribution is 1.61. The Bertz CT molecular complexity index is 1040. The molecule has 2 unspecified atom stereocenters. The number of hydrogen-bond donors (Lipinski definition) is 0. The number of fused-ring (bicyclic) bond motifs is 3. The summed E-state index contributed by atoms with van der Waals surface area (Å²) in [5.41, 5.74) is 2.88. The van der Waals surface area contributed by atoms with Crippen molar-refractivity contribution in [3.63, 3.8) is 0 Å². The fourth-order valence-electron chi connectivity index (χ4n) is 5.28. The van der Waals surface area contributed by atoms with Crippen LogP contribution in [0.1, 0.15) is 0 Å². The molecule has 0 aliphatic carbocycles. The maximum atomic E-state index is 2.62. The van der Waals surface area contributed by atoms with Crippen molar-refractivity contribution in [3.05, 3.63) is 109 Å². The fourth-order valence-corrected chi connectivity index (χ4v) is 21.2. The molecule has 0 radical (unpaired) electrons. The van der Waals surface area contributed by atoms with Gasteiger partial charge in [0.2, 0.25) is 0 Å². The Morgan fingerprint density at radius 1 is 0.393 bits per heavy atom. The quantitative estimate of drug-likeness (QED) is 0.455. The lowest BCUT2D eigenvalue weighted by atomic mass is 10.1. The van der Waals surface area contributed by atoms with E-state index in [1.165, 1.54) is 11.1 Å². The predicted octanol–water partition coefficient (Wildman–Crippen LogP) is 3.83.